The standard InChI is InChI=1S/C11H7BrN4O.BrH/c12-11(16-7-14-6-15-16)10(17)9-3-1-2-8(4-9)5-13;/h1-4,6-7,11H;1H. The monoisotopic (exact) mass is 370 g/mol. The second-order valence-electron chi connectivity index (χ2n) is 3.27. The normalized spacial score (nSPS) is 11.1. The number of nitriles is 1. The zero-order valence-corrected chi connectivity index (χ0v) is 12.3. The molecule has 1 heterocycles. The number of hydrogen-bond acceptors (Lipinski definition) is 4. The number of nitrogens with zero attached hydrogens (tertiary/aromatic N) is 4. The molecule has 0 bridgehead atoms. The lowest BCUT2D eigenvalue weighted by Gasteiger charge is -2.08. The van der Waals surface area contributed by atoms with Gasteiger partial charge in [0.15, 0.2) is 10.7 Å². The Morgan fingerprint density at radius 2 is 2.28 bits per heavy atom. The molecule has 1 atom stereocenters. The van der Waals surface area contributed by atoms with Crippen molar-refractivity contribution in [3.63, 3.8) is 0 Å². The number of aromatic nitrogens is 3. The van der Waals surface area contributed by atoms with E-state index in [9.17, 15) is 4.79 Å². The van der Waals surface area contributed by atoms with Crippen molar-refractivity contribution in [2.75, 3.05) is 0 Å². The molecule has 0 radical (unpaired) electrons. The van der Waals surface area contributed by atoms with E-state index in [1.54, 1.807) is 24.3 Å². The smallest absolute Gasteiger partial charge is 0.198 e. The minimum Gasteiger partial charge on any atom is -0.291 e. The van der Waals surface area contributed by atoms with E-state index < -0.39 is 4.95 Å². The van der Waals surface area contributed by atoms with Crippen molar-refractivity contribution < 1.29 is 4.79 Å². The van der Waals surface area contributed by atoms with Gasteiger partial charge in [0.2, 0.25) is 0 Å². The first-order valence-corrected chi connectivity index (χ1v) is 5.66. The summed E-state index contributed by atoms with van der Waals surface area (Å²) in [7, 11) is 0. The average Bonchev–Trinajstić information content (AvgIpc) is 2.91. The average molecular weight is 372 g/mol. The summed E-state index contributed by atoms with van der Waals surface area (Å²) in [6.45, 7) is 0. The predicted molar refractivity (Wildman–Crippen MR) is 73.8 cm³/mol. The third-order valence-electron chi connectivity index (χ3n) is 2.16. The number of Topliss-reactive ketones (excluding diaryl/α,β-unsaturated/α-hetero) is 1. The van der Waals surface area contributed by atoms with Crippen molar-refractivity contribution in [3.05, 3.63) is 48.0 Å². The van der Waals surface area contributed by atoms with Crippen LogP contribution in [0.4, 0.5) is 0 Å². The molecule has 0 saturated heterocycles. The maximum atomic E-state index is 12.1. The van der Waals surface area contributed by atoms with Crippen molar-refractivity contribution in [2.24, 2.45) is 0 Å². The Morgan fingerprint density at radius 1 is 1.50 bits per heavy atom. The van der Waals surface area contributed by atoms with Gasteiger partial charge in [0.1, 0.15) is 12.7 Å². The number of halogens is 2. The lowest BCUT2D eigenvalue weighted by molar-refractivity contribution is 0.0965. The van der Waals surface area contributed by atoms with Crippen molar-refractivity contribution in [1.82, 2.24) is 14.8 Å². The molecule has 2 aromatic rings. The lowest BCUT2D eigenvalue weighted by atomic mass is 10.1. The number of hydrogen-bond donors (Lipinski definition) is 0. The molecule has 0 saturated carbocycles. The second-order valence-corrected chi connectivity index (χ2v) is 4.14. The van der Waals surface area contributed by atoms with E-state index in [1.807, 2.05) is 6.07 Å². The first-order chi connectivity index (χ1) is 8.22. The molecule has 0 amide bonds. The Balaban J connectivity index is 0.00000162. The molecule has 1 unspecified atom stereocenters. The summed E-state index contributed by atoms with van der Waals surface area (Å²) in [5, 5.41) is 12.6. The molecule has 0 aliphatic rings. The molecule has 92 valence electrons. The third-order valence-corrected chi connectivity index (χ3v) is 3.00. The number of ketones is 1. The van der Waals surface area contributed by atoms with Crippen LogP contribution >= 0.6 is 32.9 Å². The zero-order valence-electron chi connectivity index (χ0n) is 9.02. The van der Waals surface area contributed by atoms with Crippen LogP contribution in [0.3, 0.4) is 0 Å². The summed E-state index contributed by atoms with van der Waals surface area (Å²) in [4.78, 5) is 15.2. The van der Waals surface area contributed by atoms with Gasteiger partial charge in [0, 0.05) is 5.56 Å². The molecule has 0 N–H and O–H groups in total. The molecule has 0 fully saturated rings. The van der Waals surface area contributed by atoms with Gasteiger partial charge in [0.05, 0.1) is 11.6 Å². The third kappa shape index (κ3) is 3.03. The summed E-state index contributed by atoms with van der Waals surface area (Å²) in [6, 6.07) is 8.53. The van der Waals surface area contributed by atoms with Gasteiger partial charge in [-0.15, -0.1) is 17.0 Å². The highest BCUT2D eigenvalue weighted by molar-refractivity contribution is 9.09. The Morgan fingerprint density at radius 3 is 2.89 bits per heavy atom. The summed E-state index contributed by atoms with van der Waals surface area (Å²) in [5.41, 5.74) is 0.913. The molecular formula is C11H8Br2N4O. The van der Waals surface area contributed by atoms with E-state index in [0.717, 1.165) is 0 Å². The summed E-state index contributed by atoms with van der Waals surface area (Å²) in [5.74, 6) is -0.174. The molecule has 1 aromatic heterocycles. The molecule has 5 nitrogen and oxygen atoms in total. The van der Waals surface area contributed by atoms with Crippen LogP contribution in [0.25, 0.3) is 0 Å². The lowest BCUT2D eigenvalue weighted by Crippen LogP contribution is -2.14. The Hall–Kier alpha value is -1.52. The molecule has 0 spiro atoms. The fraction of sp³-hybridized carbons (Fsp3) is 0.0909. The van der Waals surface area contributed by atoms with Gasteiger partial charge < -0.3 is 0 Å². The first kappa shape index (κ1) is 14.5. The maximum absolute atomic E-state index is 12.1. The molecule has 1 aromatic carbocycles. The van der Waals surface area contributed by atoms with Crippen LogP contribution in [-0.4, -0.2) is 20.5 Å². The van der Waals surface area contributed by atoms with Crippen molar-refractivity contribution >= 4 is 38.7 Å². The van der Waals surface area contributed by atoms with Gasteiger partial charge >= 0.3 is 0 Å². The van der Waals surface area contributed by atoms with Crippen molar-refractivity contribution in [2.45, 2.75) is 4.95 Å². The Kier molecular flexibility index (Phi) is 5.19. The van der Waals surface area contributed by atoms with Gasteiger partial charge in [-0.1, -0.05) is 28.1 Å². The molecular weight excluding hydrogens is 364 g/mol. The minimum absolute atomic E-state index is 0. The highest BCUT2D eigenvalue weighted by Crippen LogP contribution is 2.20. The SMILES string of the molecule is Br.N#Cc1cccc(C(=O)C(Br)n2cncn2)c1. The molecule has 2 rings (SSSR count). The molecule has 7 heteroatoms. The summed E-state index contributed by atoms with van der Waals surface area (Å²) < 4.78 is 1.40. The topological polar surface area (TPSA) is 71.6 Å². The fourth-order valence-electron chi connectivity index (χ4n) is 1.33. The molecule has 18 heavy (non-hydrogen) atoms. The fourth-order valence-corrected chi connectivity index (χ4v) is 1.81. The molecule has 0 aliphatic carbocycles. The van der Waals surface area contributed by atoms with Gasteiger partial charge in [-0.2, -0.15) is 10.4 Å². The number of alkyl halides is 1. The second kappa shape index (κ2) is 6.42. The van der Waals surface area contributed by atoms with Crippen LogP contribution < -0.4 is 0 Å². The van der Waals surface area contributed by atoms with Gasteiger partial charge in [-0.3, -0.25) is 4.79 Å². The van der Waals surface area contributed by atoms with Crippen LogP contribution in [0.1, 0.15) is 20.9 Å². The van der Waals surface area contributed by atoms with Crippen molar-refractivity contribution in [1.29, 1.82) is 5.26 Å². The number of benzene rings is 1. The van der Waals surface area contributed by atoms with E-state index in [2.05, 4.69) is 26.0 Å². The quantitative estimate of drug-likeness (QED) is 0.613. The first-order valence-electron chi connectivity index (χ1n) is 4.75. The Bertz CT molecular complexity index is 577. The summed E-state index contributed by atoms with van der Waals surface area (Å²) >= 11 is 3.24. The minimum atomic E-state index is -0.612. The Labute approximate surface area is 122 Å². The van der Waals surface area contributed by atoms with Gasteiger partial charge in [-0.25, -0.2) is 9.67 Å². The van der Waals surface area contributed by atoms with E-state index in [0.29, 0.717) is 11.1 Å². The number of rotatable bonds is 3. The largest absolute Gasteiger partial charge is 0.291 e. The van der Waals surface area contributed by atoms with E-state index in [-0.39, 0.29) is 22.8 Å². The van der Waals surface area contributed by atoms with E-state index in [1.165, 1.54) is 17.3 Å². The predicted octanol–water partition coefficient (Wildman–Crippen LogP) is 2.50. The summed E-state index contributed by atoms with van der Waals surface area (Å²) in [6.07, 6.45) is 2.80. The van der Waals surface area contributed by atoms with E-state index in [4.69, 9.17) is 5.26 Å². The van der Waals surface area contributed by atoms with Crippen LogP contribution in [0.2, 0.25) is 0 Å². The van der Waals surface area contributed by atoms with Crippen LogP contribution in [0, 0.1) is 11.3 Å². The number of carbonyl (C=O) groups excluding carboxylic acids is 1. The highest BCUT2D eigenvalue weighted by Gasteiger charge is 2.19. The van der Waals surface area contributed by atoms with Crippen molar-refractivity contribution in [3.8, 4) is 6.07 Å². The highest BCUT2D eigenvalue weighted by atomic mass is 79.9. The van der Waals surface area contributed by atoms with Crippen LogP contribution in [0.15, 0.2) is 36.9 Å². The molecule has 0 aliphatic heterocycles. The zero-order chi connectivity index (χ0) is 12.3. The maximum Gasteiger partial charge on any atom is 0.198 e. The van der Waals surface area contributed by atoms with E-state index >= 15 is 0 Å². The number of carbonyl (C=O) groups is 1. The van der Waals surface area contributed by atoms with Crippen LogP contribution in [-0.2, 0) is 0 Å². The van der Waals surface area contributed by atoms with Crippen LogP contribution in [0.5, 0.6) is 0 Å². The van der Waals surface area contributed by atoms with Gasteiger partial charge in [0.25, 0.3) is 0 Å². The van der Waals surface area contributed by atoms with Gasteiger partial charge in [-0.05, 0) is 12.1 Å².